The Balaban J connectivity index is 1.54. The molecule has 1 aromatic heterocycles. The van der Waals surface area contributed by atoms with Gasteiger partial charge in [0.1, 0.15) is 30.0 Å². The van der Waals surface area contributed by atoms with E-state index in [9.17, 15) is 8.42 Å². The van der Waals surface area contributed by atoms with Gasteiger partial charge in [-0.05, 0) is 30.7 Å². The number of pyridine rings is 1. The van der Waals surface area contributed by atoms with Crippen LogP contribution in [0.5, 0.6) is 17.2 Å². The summed E-state index contributed by atoms with van der Waals surface area (Å²) in [6, 6.07) is 8.53. The van der Waals surface area contributed by atoms with Gasteiger partial charge >= 0.3 is 0 Å². The van der Waals surface area contributed by atoms with Gasteiger partial charge in [0.2, 0.25) is 10.0 Å². The van der Waals surface area contributed by atoms with Gasteiger partial charge in [0.15, 0.2) is 11.5 Å². The van der Waals surface area contributed by atoms with Gasteiger partial charge in [-0.1, -0.05) is 6.07 Å². The number of rotatable bonds is 4. The zero-order valence-electron chi connectivity index (χ0n) is 13.5. The first-order valence-corrected chi connectivity index (χ1v) is 9.54. The molecule has 0 aliphatic carbocycles. The molecule has 25 heavy (non-hydrogen) atoms. The predicted molar refractivity (Wildman–Crippen MR) is 89.5 cm³/mol. The molecule has 2 aromatic rings. The molecule has 0 bridgehead atoms. The maximum Gasteiger partial charge on any atom is 0.247 e. The van der Waals surface area contributed by atoms with E-state index in [1.54, 1.807) is 36.7 Å². The average Bonchev–Trinajstić information content (AvgIpc) is 3.11. The summed E-state index contributed by atoms with van der Waals surface area (Å²) in [4.78, 5) is 4.15. The molecule has 3 heterocycles. The van der Waals surface area contributed by atoms with Crippen LogP contribution < -0.4 is 14.2 Å². The number of aromatic nitrogens is 1. The number of ether oxygens (including phenoxy) is 3. The van der Waals surface area contributed by atoms with Gasteiger partial charge in [-0.2, -0.15) is 4.31 Å². The lowest BCUT2D eigenvalue weighted by Crippen LogP contribution is -2.32. The van der Waals surface area contributed by atoms with Crippen LogP contribution in [0.25, 0.3) is 0 Å². The second kappa shape index (κ2) is 6.53. The minimum absolute atomic E-state index is 0.145. The Morgan fingerprint density at radius 3 is 2.88 bits per heavy atom. The molecule has 1 atom stereocenters. The molecule has 2 aliphatic rings. The van der Waals surface area contributed by atoms with Crippen LogP contribution >= 0.6 is 0 Å². The molecule has 0 radical (unpaired) electrons. The summed E-state index contributed by atoms with van der Waals surface area (Å²) in [5.74, 6) is 1.40. The summed E-state index contributed by atoms with van der Waals surface area (Å²) in [6.07, 6.45) is 3.71. The second-order valence-corrected chi connectivity index (χ2v) is 7.77. The minimum atomic E-state index is -3.67. The molecule has 8 heteroatoms. The Kier molecular flexibility index (Phi) is 4.22. The van der Waals surface area contributed by atoms with Gasteiger partial charge < -0.3 is 14.2 Å². The molecule has 1 saturated heterocycles. The largest absolute Gasteiger partial charge is 0.487 e. The molecule has 2 aliphatic heterocycles. The molecule has 0 N–H and O–H groups in total. The Morgan fingerprint density at radius 1 is 1.16 bits per heavy atom. The van der Waals surface area contributed by atoms with E-state index in [4.69, 9.17) is 14.2 Å². The highest BCUT2D eigenvalue weighted by Crippen LogP contribution is 2.38. The van der Waals surface area contributed by atoms with Crippen LogP contribution in [0.15, 0.2) is 47.6 Å². The summed E-state index contributed by atoms with van der Waals surface area (Å²) >= 11 is 0. The number of hydrogen-bond donors (Lipinski definition) is 0. The zero-order valence-corrected chi connectivity index (χ0v) is 14.3. The van der Waals surface area contributed by atoms with Crippen LogP contribution in [0, 0.1) is 0 Å². The molecule has 7 nitrogen and oxygen atoms in total. The van der Waals surface area contributed by atoms with Crippen molar-refractivity contribution in [2.75, 3.05) is 26.3 Å². The predicted octanol–water partition coefficient (Wildman–Crippen LogP) is 1.69. The third-order valence-electron chi connectivity index (χ3n) is 4.19. The third kappa shape index (κ3) is 3.14. The summed E-state index contributed by atoms with van der Waals surface area (Å²) in [5.41, 5.74) is 0. The Bertz CT molecular complexity index is 857. The summed E-state index contributed by atoms with van der Waals surface area (Å²) in [5, 5.41) is 0. The van der Waals surface area contributed by atoms with Gasteiger partial charge in [0.25, 0.3) is 0 Å². The summed E-state index contributed by atoms with van der Waals surface area (Å²) in [7, 11) is -3.67. The van der Waals surface area contributed by atoms with Gasteiger partial charge in [-0.15, -0.1) is 0 Å². The van der Waals surface area contributed by atoms with Crippen molar-refractivity contribution in [1.29, 1.82) is 0 Å². The number of sulfonamides is 1. The highest BCUT2D eigenvalue weighted by atomic mass is 32.2. The molecule has 1 aromatic carbocycles. The maximum absolute atomic E-state index is 13.0. The van der Waals surface area contributed by atoms with Crippen molar-refractivity contribution < 1.29 is 22.6 Å². The fourth-order valence-electron chi connectivity index (χ4n) is 3.01. The van der Waals surface area contributed by atoms with Crippen molar-refractivity contribution in [1.82, 2.24) is 9.29 Å². The number of para-hydroxylation sites is 1. The van der Waals surface area contributed by atoms with Crippen molar-refractivity contribution in [3.63, 3.8) is 0 Å². The summed E-state index contributed by atoms with van der Waals surface area (Å²) in [6.45, 7) is 1.45. The highest BCUT2D eigenvalue weighted by Gasteiger charge is 2.36. The molecule has 0 amide bonds. The van der Waals surface area contributed by atoms with Gasteiger partial charge in [0.05, 0.1) is 12.7 Å². The minimum Gasteiger partial charge on any atom is -0.487 e. The number of fused-ring (bicyclic) bond motifs is 1. The Hall–Kier alpha value is -2.32. The van der Waals surface area contributed by atoms with Crippen LogP contribution in [0.4, 0.5) is 0 Å². The van der Waals surface area contributed by atoms with E-state index in [2.05, 4.69) is 4.98 Å². The van der Waals surface area contributed by atoms with E-state index < -0.39 is 10.0 Å². The van der Waals surface area contributed by atoms with Crippen LogP contribution in [-0.4, -0.2) is 50.1 Å². The lowest BCUT2D eigenvalue weighted by molar-refractivity contribution is 0.166. The first-order chi connectivity index (χ1) is 12.1. The van der Waals surface area contributed by atoms with E-state index in [1.165, 1.54) is 4.31 Å². The van der Waals surface area contributed by atoms with Crippen molar-refractivity contribution in [3.8, 4) is 17.2 Å². The number of nitrogens with zero attached hydrogens (tertiary/aromatic N) is 2. The molecule has 1 fully saturated rings. The van der Waals surface area contributed by atoms with Gasteiger partial charge in [-0.25, -0.2) is 8.42 Å². The lowest BCUT2D eigenvalue weighted by atomic mass is 10.3. The monoisotopic (exact) mass is 362 g/mol. The Labute approximate surface area is 146 Å². The standard InChI is InChI=1S/C17H18N2O5S/c20-25(21,16-5-1-4-15-17(16)23-10-9-22-15)19-8-6-14(12-19)24-13-3-2-7-18-11-13/h1-5,7,11,14H,6,8-10,12H2. The van der Waals surface area contributed by atoms with E-state index in [0.717, 1.165) is 0 Å². The van der Waals surface area contributed by atoms with Crippen LogP contribution in [0.3, 0.4) is 0 Å². The fraction of sp³-hybridized carbons (Fsp3) is 0.353. The lowest BCUT2D eigenvalue weighted by Gasteiger charge is -2.23. The first kappa shape index (κ1) is 16.2. The van der Waals surface area contributed by atoms with E-state index in [-0.39, 0.29) is 11.0 Å². The second-order valence-electron chi connectivity index (χ2n) is 5.86. The van der Waals surface area contributed by atoms with Crippen LogP contribution in [0.2, 0.25) is 0 Å². The molecule has 4 rings (SSSR count). The third-order valence-corrected chi connectivity index (χ3v) is 6.08. The topological polar surface area (TPSA) is 78.0 Å². The zero-order chi connectivity index (χ0) is 17.3. The maximum atomic E-state index is 13.0. The Morgan fingerprint density at radius 2 is 2.04 bits per heavy atom. The molecular formula is C17H18N2O5S. The molecular weight excluding hydrogens is 344 g/mol. The average molecular weight is 362 g/mol. The van der Waals surface area contributed by atoms with Crippen molar-refractivity contribution in [3.05, 3.63) is 42.7 Å². The van der Waals surface area contributed by atoms with Crippen molar-refractivity contribution >= 4 is 10.0 Å². The smallest absolute Gasteiger partial charge is 0.247 e. The molecule has 0 saturated carbocycles. The van der Waals surface area contributed by atoms with Gasteiger partial charge in [-0.3, -0.25) is 4.98 Å². The SMILES string of the molecule is O=S(=O)(c1cccc2c1OCCO2)N1CCC(Oc2cccnc2)C1. The van der Waals surface area contributed by atoms with Gasteiger partial charge in [0, 0.05) is 12.7 Å². The normalized spacial score (nSPS) is 20.4. The van der Waals surface area contributed by atoms with Crippen molar-refractivity contribution in [2.24, 2.45) is 0 Å². The van der Waals surface area contributed by atoms with Crippen molar-refractivity contribution in [2.45, 2.75) is 17.4 Å². The quantitative estimate of drug-likeness (QED) is 0.824. The highest BCUT2D eigenvalue weighted by molar-refractivity contribution is 7.89. The van der Waals surface area contributed by atoms with Crippen LogP contribution in [-0.2, 0) is 10.0 Å². The molecule has 0 spiro atoms. The fourth-order valence-corrected chi connectivity index (χ4v) is 4.64. The van der Waals surface area contributed by atoms with Crippen LogP contribution in [0.1, 0.15) is 6.42 Å². The van der Waals surface area contributed by atoms with E-state index >= 15 is 0 Å². The molecule has 1 unspecified atom stereocenters. The number of hydrogen-bond acceptors (Lipinski definition) is 6. The summed E-state index contributed by atoms with van der Waals surface area (Å²) < 4.78 is 44.3. The number of benzene rings is 1. The van der Waals surface area contributed by atoms with E-state index in [1.807, 2.05) is 6.07 Å². The first-order valence-electron chi connectivity index (χ1n) is 8.10. The molecule has 132 valence electrons. The van der Waals surface area contributed by atoms with E-state index in [0.29, 0.717) is 50.0 Å².